The summed E-state index contributed by atoms with van der Waals surface area (Å²) in [6, 6.07) is 44.3. The zero-order valence-corrected chi connectivity index (χ0v) is 22.6. The molecule has 0 aliphatic carbocycles. The van der Waals surface area contributed by atoms with Crippen molar-refractivity contribution in [3.63, 3.8) is 0 Å². The minimum Gasteiger partial charge on any atom is -0.254 e. The molecule has 2 aromatic heterocycles. The van der Waals surface area contributed by atoms with E-state index in [9.17, 15) is 0 Å². The van der Waals surface area contributed by atoms with Crippen LogP contribution in [0.2, 0.25) is 0 Å². The second-order valence-electron chi connectivity index (χ2n) is 11.4. The molecule has 42 heavy (non-hydrogen) atoms. The molecule has 0 N–H and O–H groups in total. The van der Waals surface area contributed by atoms with Gasteiger partial charge in [0.15, 0.2) is 0 Å². The number of aromatic nitrogens is 2. The Morgan fingerprint density at radius 3 is 1.12 bits per heavy atom. The molecule has 10 rings (SSSR count). The predicted molar refractivity (Wildman–Crippen MR) is 178 cm³/mol. The molecule has 10 aromatic rings. The van der Waals surface area contributed by atoms with Gasteiger partial charge in [-0.15, -0.1) is 0 Å². The zero-order chi connectivity index (χ0) is 27.4. The first-order valence-corrected chi connectivity index (χ1v) is 14.4. The predicted octanol–water partition coefficient (Wildman–Crippen LogP) is 10.8. The fourth-order valence-electron chi connectivity index (χ4n) is 7.27. The number of nitrogens with zero attached hydrogens (tertiary/aromatic N) is 2. The molecule has 0 saturated heterocycles. The number of pyridine rings is 2. The SMILES string of the molecule is c1cc2ccc3ccc(-c4cnc5cc(-c6ccc7ccc8cccc9ccc6c7c89)cnc5c4)c4ccc(c1)c2c34. The van der Waals surface area contributed by atoms with Gasteiger partial charge in [0, 0.05) is 23.5 Å². The molecule has 2 heterocycles. The van der Waals surface area contributed by atoms with Gasteiger partial charge in [-0.05, 0) is 87.9 Å². The summed E-state index contributed by atoms with van der Waals surface area (Å²) < 4.78 is 0. The van der Waals surface area contributed by atoms with Crippen molar-refractivity contribution in [2.24, 2.45) is 0 Å². The molecule has 0 unspecified atom stereocenters. The van der Waals surface area contributed by atoms with Crippen molar-refractivity contribution in [2.45, 2.75) is 0 Å². The molecule has 0 fully saturated rings. The number of hydrogen-bond donors (Lipinski definition) is 0. The molecular weight excluding hydrogens is 508 g/mol. The summed E-state index contributed by atoms with van der Waals surface area (Å²) in [5, 5.41) is 15.5. The minimum atomic E-state index is 0.902. The van der Waals surface area contributed by atoms with Crippen LogP contribution in [-0.2, 0) is 0 Å². The van der Waals surface area contributed by atoms with Gasteiger partial charge in [-0.3, -0.25) is 9.97 Å². The molecule has 8 aromatic carbocycles. The average Bonchev–Trinajstić information content (AvgIpc) is 3.05. The summed E-state index contributed by atoms with van der Waals surface area (Å²) in [6.07, 6.45) is 4.01. The molecular formula is C40H22N2. The average molecular weight is 531 g/mol. The van der Waals surface area contributed by atoms with Gasteiger partial charge in [-0.2, -0.15) is 0 Å². The highest BCUT2D eigenvalue weighted by Gasteiger charge is 2.15. The highest BCUT2D eigenvalue weighted by Crippen LogP contribution is 2.41. The van der Waals surface area contributed by atoms with E-state index in [4.69, 9.17) is 9.97 Å². The van der Waals surface area contributed by atoms with E-state index in [1.807, 2.05) is 12.4 Å². The topological polar surface area (TPSA) is 25.8 Å². The number of rotatable bonds is 2. The molecule has 192 valence electrons. The summed E-state index contributed by atoms with van der Waals surface area (Å²) in [7, 11) is 0. The Labute approximate surface area is 241 Å². The van der Waals surface area contributed by atoms with Crippen molar-refractivity contribution in [1.29, 1.82) is 0 Å². The summed E-state index contributed by atoms with van der Waals surface area (Å²) in [6.45, 7) is 0. The van der Waals surface area contributed by atoms with Crippen LogP contribution in [-0.4, -0.2) is 9.97 Å². The van der Waals surface area contributed by atoms with E-state index in [0.29, 0.717) is 0 Å². The molecule has 0 radical (unpaired) electrons. The third-order valence-electron chi connectivity index (χ3n) is 9.21. The zero-order valence-electron chi connectivity index (χ0n) is 22.6. The van der Waals surface area contributed by atoms with E-state index in [1.165, 1.54) is 75.8 Å². The number of hydrogen-bond acceptors (Lipinski definition) is 2. The van der Waals surface area contributed by atoms with Crippen molar-refractivity contribution < 1.29 is 0 Å². The van der Waals surface area contributed by atoms with Crippen LogP contribution in [0.5, 0.6) is 0 Å². The lowest BCUT2D eigenvalue weighted by atomic mass is 9.90. The lowest BCUT2D eigenvalue weighted by molar-refractivity contribution is 1.34. The van der Waals surface area contributed by atoms with Crippen molar-refractivity contribution in [1.82, 2.24) is 9.97 Å². The molecule has 0 aliphatic rings. The Morgan fingerprint density at radius 1 is 0.333 bits per heavy atom. The van der Waals surface area contributed by atoms with Crippen LogP contribution in [0, 0.1) is 0 Å². The Hall–Kier alpha value is -5.60. The second kappa shape index (κ2) is 7.99. The molecule has 2 nitrogen and oxygen atoms in total. The van der Waals surface area contributed by atoms with Gasteiger partial charge in [0.05, 0.1) is 11.0 Å². The lowest BCUT2D eigenvalue weighted by Gasteiger charge is -2.15. The minimum absolute atomic E-state index is 0.902. The van der Waals surface area contributed by atoms with Gasteiger partial charge in [-0.25, -0.2) is 0 Å². The van der Waals surface area contributed by atoms with Crippen LogP contribution in [0.3, 0.4) is 0 Å². The van der Waals surface area contributed by atoms with Gasteiger partial charge in [-0.1, -0.05) is 109 Å². The van der Waals surface area contributed by atoms with E-state index in [1.54, 1.807) is 0 Å². The first-order chi connectivity index (χ1) is 20.8. The van der Waals surface area contributed by atoms with Crippen molar-refractivity contribution >= 4 is 75.7 Å². The molecule has 0 saturated carbocycles. The van der Waals surface area contributed by atoms with Crippen LogP contribution in [0.15, 0.2) is 134 Å². The lowest BCUT2D eigenvalue weighted by Crippen LogP contribution is -1.91. The third-order valence-corrected chi connectivity index (χ3v) is 9.21. The second-order valence-corrected chi connectivity index (χ2v) is 11.4. The standard InChI is InChI=1S/C40H22N2/c1-3-23-7-9-27-11-15-31(33-17-13-25(5-1)37(23)39(27)33)29-19-35-36(41-21-29)20-30(22-42-35)32-16-12-28-10-8-24-4-2-6-26-14-18-34(32)40(28)38(24)26/h1-22H. The van der Waals surface area contributed by atoms with Gasteiger partial charge < -0.3 is 0 Å². The quantitative estimate of drug-likeness (QED) is 0.208. The highest BCUT2D eigenvalue weighted by molar-refractivity contribution is 6.26. The Morgan fingerprint density at radius 2 is 0.690 bits per heavy atom. The Balaban J connectivity index is 1.14. The van der Waals surface area contributed by atoms with Crippen LogP contribution < -0.4 is 0 Å². The molecule has 0 spiro atoms. The van der Waals surface area contributed by atoms with Crippen LogP contribution in [0.1, 0.15) is 0 Å². The molecule has 0 amide bonds. The van der Waals surface area contributed by atoms with Gasteiger partial charge in [0.1, 0.15) is 0 Å². The van der Waals surface area contributed by atoms with E-state index in [-0.39, 0.29) is 0 Å². The Bertz CT molecular complexity index is 2470. The molecule has 0 atom stereocenters. The van der Waals surface area contributed by atoms with Crippen molar-refractivity contribution in [2.75, 3.05) is 0 Å². The van der Waals surface area contributed by atoms with Crippen molar-refractivity contribution in [3.05, 3.63) is 134 Å². The first kappa shape index (κ1) is 22.1. The van der Waals surface area contributed by atoms with Crippen LogP contribution in [0.4, 0.5) is 0 Å². The summed E-state index contributed by atoms with van der Waals surface area (Å²) in [5.41, 5.74) is 6.35. The first-order valence-electron chi connectivity index (χ1n) is 14.4. The Kier molecular flexibility index (Phi) is 4.21. The molecule has 0 aliphatic heterocycles. The largest absolute Gasteiger partial charge is 0.254 e. The smallest absolute Gasteiger partial charge is 0.0893 e. The van der Waals surface area contributed by atoms with Crippen LogP contribution >= 0.6 is 0 Å². The maximum atomic E-state index is 4.95. The van der Waals surface area contributed by atoms with E-state index in [0.717, 1.165) is 22.2 Å². The normalized spacial score (nSPS) is 12.3. The van der Waals surface area contributed by atoms with E-state index in [2.05, 4.69) is 121 Å². The highest BCUT2D eigenvalue weighted by atomic mass is 14.7. The number of benzene rings is 8. The maximum Gasteiger partial charge on any atom is 0.0893 e. The van der Waals surface area contributed by atoms with E-state index >= 15 is 0 Å². The van der Waals surface area contributed by atoms with Crippen molar-refractivity contribution in [3.8, 4) is 22.3 Å². The monoisotopic (exact) mass is 530 g/mol. The summed E-state index contributed by atoms with van der Waals surface area (Å²) >= 11 is 0. The fourth-order valence-corrected chi connectivity index (χ4v) is 7.27. The van der Waals surface area contributed by atoms with Gasteiger partial charge in [0.2, 0.25) is 0 Å². The van der Waals surface area contributed by atoms with Gasteiger partial charge in [0.25, 0.3) is 0 Å². The molecule has 2 heteroatoms. The van der Waals surface area contributed by atoms with Gasteiger partial charge >= 0.3 is 0 Å². The fraction of sp³-hybridized carbons (Fsp3) is 0. The third kappa shape index (κ3) is 2.93. The summed E-state index contributed by atoms with van der Waals surface area (Å²) in [5.74, 6) is 0. The summed E-state index contributed by atoms with van der Waals surface area (Å²) in [4.78, 5) is 9.90. The molecule has 0 bridgehead atoms. The van der Waals surface area contributed by atoms with Crippen LogP contribution in [0.25, 0.3) is 97.9 Å². The number of fused-ring (bicyclic) bond motifs is 1. The maximum absolute atomic E-state index is 4.95. The van der Waals surface area contributed by atoms with E-state index < -0.39 is 0 Å².